The van der Waals surface area contributed by atoms with Crippen molar-refractivity contribution in [3.8, 4) is 100 Å². The van der Waals surface area contributed by atoms with Gasteiger partial charge in [0.05, 0.1) is 0 Å². The van der Waals surface area contributed by atoms with Gasteiger partial charge in [-0.2, -0.15) is 0 Å². The van der Waals surface area contributed by atoms with E-state index in [1.54, 1.807) is 0 Å². The Morgan fingerprint density at radius 2 is 0.615 bits per heavy atom. The molecule has 0 saturated carbocycles. The van der Waals surface area contributed by atoms with Crippen molar-refractivity contribution in [3.63, 3.8) is 0 Å². The standard InChI is InChI=1S/C77H53N/c1-77(2)69-48-62(78(60-32-17-7-18-33-60)61-34-19-8-20-35-61)40-41-65(69)74-66-38-23-39-67-73(66)68(49-70(74)77)76-72(59-46-56(52-28-13-5-14-29-52)43-57(47-59)53-30-15-6-16-31-53)64-37-22-21-36-63(64)71(75(67)76)58-44-54(50-24-9-3-10-25-50)42-55(45-58)51-26-11-4-12-27-51/h3-49H,1-2H3. The zero-order chi connectivity index (χ0) is 51.9. The minimum Gasteiger partial charge on any atom is -0.310 e. The first-order chi connectivity index (χ1) is 38.5. The molecule has 2 aliphatic carbocycles. The molecule has 78 heavy (non-hydrogen) atoms. The highest BCUT2D eigenvalue weighted by Crippen LogP contribution is 2.63. The first-order valence-corrected chi connectivity index (χ1v) is 27.2. The molecule has 1 heteroatoms. The number of rotatable bonds is 9. The molecule has 0 amide bonds. The van der Waals surface area contributed by atoms with Crippen LogP contribution in [0.15, 0.2) is 285 Å². The van der Waals surface area contributed by atoms with Gasteiger partial charge in [-0.05, 0) is 212 Å². The molecule has 0 fully saturated rings. The summed E-state index contributed by atoms with van der Waals surface area (Å²) in [5.74, 6) is 0. The number of benzene rings is 13. The van der Waals surface area contributed by atoms with E-state index in [4.69, 9.17) is 0 Å². The van der Waals surface area contributed by atoms with E-state index in [0.29, 0.717) is 0 Å². The Balaban J connectivity index is 1.04. The Kier molecular flexibility index (Phi) is 10.6. The second-order valence-electron chi connectivity index (χ2n) is 21.5. The van der Waals surface area contributed by atoms with Crippen molar-refractivity contribution < 1.29 is 0 Å². The minimum atomic E-state index is -0.328. The van der Waals surface area contributed by atoms with Gasteiger partial charge < -0.3 is 4.90 Å². The van der Waals surface area contributed by atoms with Gasteiger partial charge in [-0.15, -0.1) is 0 Å². The maximum absolute atomic E-state index is 2.61. The summed E-state index contributed by atoms with van der Waals surface area (Å²) in [6, 6.07) is 106. The lowest BCUT2D eigenvalue weighted by Crippen LogP contribution is -2.16. The van der Waals surface area contributed by atoms with Crippen LogP contribution in [0.1, 0.15) is 25.0 Å². The molecular weight excluding hydrogens is 939 g/mol. The molecule has 0 unspecified atom stereocenters. The van der Waals surface area contributed by atoms with Gasteiger partial charge in [0.1, 0.15) is 0 Å². The second kappa shape index (κ2) is 18.2. The zero-order valence-corrected chi connectivity index (χ0v) is 43.6. The van der Waals surface area contributed by atoms with Crippen LogP contribution in [-0.2, 0) is 5.41 Å². The summed E-state index contributed by atoms with van der Waals surface area (Å²) in [6.07, 6.45) is 0. The number of nitrogens with zero attached hydrogens (tertiary/aromatic N) is 1. The average Bonchev–Trinajstić information content (AvgIpc) is 3.17. The summed E-state index contributed by atoms with van der Waals surface area (Å²) < 4.78 is 0. The van der Waals surface area contributed by atoms with E-state index in [9.17, 15) is 0 Å². The van der Waals surface area contributed by atoms with Gasteiger partial charge in [0.2, 0.25) is 0 Å². The third-order valence-corrected chi connectivity index (χ3v) is 16.7. The number of fused-ring (bicyclic) bond motifs is 8. The fourth-order valence-corrected chi connectivity index (χ4v) is 13.1. The van der Waals surface area contributed by atoms with Gasteiger partial charge in [-0.1, -0.05) is 220 Å². The molecule has 15 rings (SSSR count). The van der Waals surface area contributed by atoms with Crippen LogP contribution in [0.3, 0.4) is 0 Å². The smallest absolute Gasteiger partial charge is 0.0465 e. The Morgan fingerprint density at radius 3 is 1.06 bits per heavy atom. The van der Waals surface area contributed by atoms with Gasteiger partial charge in [-0.3, -0.25) is 0 Å². The zero-order valence-electron chi connectivity index (χ0n) is 43.6. The van der Waals surface area contributed by atoms with Crippen molar-refractivity contribution in [3.05, 3.63) is 296 Å². The Labute approximate surface area is 456 Å². The van der Waals surface area contributed by atoms with E-state index in [2.05, 4.69) is 304 Å². The molecule has 0 N–H and O–H groups in total. The summed E-state index contributed by atoms with van der Waals surface area (Å²) in [5, 5.41) is 5.08. The fraction of sp³-hybridized carbons (Fsp3) is 0.0390. The quantitative estimate of drug-likeness (QED) is 0.139. The maximum Gasteiger partial charge on any atom is 0.0465 e. The summed E-state index contributed by atoms with van der Waals surface area (Å²) in [5.41, 5.74) is 28.1. The van der Waals surface area contributed by atoms with Crippen LogP contribution >= 0.6 is 0 Å². The topological polar surface area (TPSA) is 3.24 Å². The molecule has 0 bridgehead atoms. The van der Waals surface area contributed by atoms with Crippen LogP contribution in [0.25, 0.3) is 122 Å². The van der Waals surface area contributed by atoms with Gasteiger partial charge in [0.15, 0.2) is 0 Å². The largest absolute Gasteiger partial charge is 0.310 e. The molecule has 0 saturated heterocycles. The first-order valence-electron chi connectivity index (χ1n) is 27.2. The predicted octanol–water partition coefficient (Wildman–Crippen LogP) is 21.4. The molecular formula is C77H53N. The van der Waals surface area contributed by atoms with Crippen molar-refractivity contribution in [2.24, 2.45) is 0 Å². The summed E-state index contributed by atoms with van der Waals surface area (Å²) in [7, 11) is 0. The summed E-state index contributed by atoms with van der Waals surface area (Å²) >= 11 is 0. The van der Waals surface area contributed by atoms with Crippen LogP contribution in [-0.4, -0.2) is 0 Å². The molecule has 2 aliphatic rings. The lowest BCUT2D eigenvalue weighted by molar-refractivity contribution is 0.661. The van der Waals surface area contributed by atoms with Crippen LogP contribution in [0.5, 0.6) is 0 Å². The number of hydrogen-bond donors (Lipinski definition) is 0. The molecule has 0 aromatic heterocycles. The fourth-order valence-electron chi connectivity index (χ4n) is 13.1. The van der Waals surface area contributed by atoms with E-state index in [-0.39, 0.29) is 5.41 Å². The monoisotopic (exact) mass is 991 g/mol. The SMILES string of the molecule is CC1(C)c2cc(N(c3ccccc3)c3ccccc3)ccc2-c2c1cc1c3c(cccc23)-c2c-1c(-c1cc(-c3ccccc3)cc(-c3ccccc3)c1)c1ccccc1c2-c1cc(-c2ccccc2)cc(-c2ccccc2)c1. The number of para-hydroxylation sites is 2. The van der Waals surface area contributed by atoms with Crippen LogP contribution in [0.4, 0.5) is 17.1 Å². The maximum atomic E-state index is 2.61. The first kappa shape index (κ1) is 45.6. The van der Waals surface area contributed by atoms with E-state index >= 15 is 0 Å². The van der Waals surface area contributed by atoms with Crippen LogP contribution < -0.4 is 4.90 Å². The summed E-state index contributed by atoms with van der Waals surface area (Å²) in [4.78, 5) is 2.39. The molecule has 13 aromatic carbocycles. The summed E-state index contributed by atoms with van der Waals surface area (Å²) in [6.45, 7) is 4.88. The van der Waals surface area contributed by atoms with Gasteiger partial charge in [-0.25, -0.2) is 0 Å². The predicted molar refractivity (Wildman–Crippen MR) is 331 cm³/mol. The van der Waals surface area contributed by atoms with E-state index < -0.39 is 0 Å². The second-order valence-corrected chi connectivity index (χ2v) is 21.5. The van der Waals surface area contributed by atoms with Crippen LogP contribution in [0.2, 0.25) is 0 Å². The van der Waals surface area contributed by atoms with Crippen molar-refractivity contribution in [2.45, 2.75) is 19.3 Å². The van der Waals surface area contributed by atoms with Gasteiger partial charge in [0.25, 0.3) is 0 Å². The molecule has 0 spiro atoms. The normalized spacial score (nSPS) is 12.6. The average molecular weight is 992 g/mol. The Bertz CT molecular complexity index is 4310. The van der Waals surface area contributed by atoms with Gasteiger partial charge >= 0.3 is 0 Å². The minimum absolute atomic E-state index is 0.328. The highest BCUT2D eigenvalue weighted by atomic mass is 15.1. The van der Waals surface area contributed by atoms with Gasteiger partial charge in [0, 0.05) is 22.5 Å². The van der Waals surface area contributed by atoms with Crippen molar-refractivity contribution in [2.75, 3.05) is 4.90 Å². The van der Waals surface area contributed by atoms with E-state index in [1.807, 2.05) is 0 Å². The third-order valence-electron chi connectivity index (χ3n) is 16.7. The molecule has 1 nitrogen and oxygen atoms in total. The molecule has 366 valence electrons. The van der Waals surface area contributed by atoms with Crippen molar-refractivity contribution in [1.82, 2.24) is 0 Å². The molecule has 13 aromatic rings. The lowest BCUT2D eigenvalue weighted by Gasteiger charge is -2.28. The Morgan fingerprint density at radius 1 is 0.231 bits per heavy atom. The third kappa shape index (κ3) is 7.31. The van der Waals surface area contributed by atoms with Crippen LogP contribution in [0, 0.1) is 0 Å². The molecule has 0 radical (unpaired) electrons. The van der Waals surface area contributed by atoms with Crippen molar-refractivity contribution in [1.29, 1.82) is 0 Å². The molecule has 0 atom stereocenters. The number of anilines is 3. The number of hydrogen-bond acceptors (Lipinski definition) is 1. The highest BCUT2D eigenvalue weighted by Gasteiger charge is 2.41. The van der Waals surface area contributed by atoms with E-state index in [1.165, 1.54) is 133 Å². The van der Waals surface area contributed by atoms with E-state index in [0.717, 1.165) is 17.1 Å². The highest BCUT2D eigenvalue weighted by molar-refractivity contribution is 6.30. The molecule has 0 aliphatic heterocycles. The van der Waals surface area contributed by atoms with Crippen molar-refractivity contribution >= 4 is 38.6 Å². The molecule has 0 heterocycles. The Hall–Kier alpha value is -9.82. The lowest BCUT2D eigenvalue weighted by atomic mass is 9.79.